The predicted octanol–water partition coefficient (Wildman–Crippen LogP) is 3.49. The van der Waals surface area contributed by atoms with E-state index in [4.69, 9.17) is 4.42 Å². The number of aromatic nitrogens is 1. The highest BCUT2D eigenvalue weighted by Gasteiger charge is 2.48. The Morgan fingerprint density at radius 2 is 1.97 bits per heavy atom. The van der Waals surface area contributed by atoms with Gasteiger partial charge in [0.15, 0.2) is 5.58 Å². The van der Waals surface area contributed by atoms with Crippen molar-refractivity contribution in [1.29, 1.82) is 0 Å². The number of hydrogen-bond donors (Lipinski definition) is 1. The van der Waals surface area contributed by atoms with Gasteiger partial charge in [0, 0.05) is 31.3 Å². The van der Waals surface area contributed by atoms with Gasteiger partial charge in [-0.2, -0.15) is 0 Å². The van der Waals surface area contributed by atoms with Crippen molar-refractivity contribution in [1.82, 2.24) is 19.7 Å². The molecular weight excluding hydrogens is 392 g/mol. The summed E-state index contributed by atoms with van der Waals surface area (Å²) in [5.41, 5.74) is 1.23. The van der Waals surface area contributed by atoms with E-state index in [-0.39, 0.29) is 17.9 Å². The topological polar surface area (TPSA) is 70.7 Å². The van der Waals surface area contributed by atoms with E-state index in [0.29, 0.717) is 24.4 Å². The Morgan fingerprint density at radius 3 is 2.65 bits per heavy atom. The van der Waals surface area contributed by atoms with Crippen molar-refractivity contribution in [3.05, 3.63) is 24.1 Å². The second kappa shape index (κ2) is 8.69. The fourth-order valence-corrected chi connectivity index (χ4v) is 5.15. The van der Waals surface area contributed by atoms with E-state index < -0.39 is 5.54 Å². The summed E-state index contributed by atoms with van der Waals surface area (Å²) in [5, 5.41) is 3.30. The Morgan fingerprint density at radius 1 is 1.26 bits per heavy atom. The van der Waals surface area contributed by atoms with Gasteiger partial charge >= 0.3 is 0 Å². The largest absolute Gasteiger partial charge is 0.463 e. The number of nitrogens with zero attached hydrogens (tertiary/aromatic N) is 3. The molecule has 0 radical (unpaired) electrons. The van der Waals surface area contributed by atoms with Crippen LogP contribution in [0.1, 0.15) is 63.9 Å². The minimum Gasteiger partial charge on any atom is -0.463 e. The number of likely N-dealkylation sites (N-methyl/N-ethyl adjacent to an activating group) is 1. The number of nitrogens with one attached hydrogen (secondary N) is 1. The molecule has 2 aromatic heterocycles. The summed E-state index contributed by atoms with van der Waals surface area (Å²) in [5.74, 6) is 0.582. The number of amides is 2. The monoisotopic (exact) mass is 428 g/mol. The van der Waals surface area contributed by atoms with Crippen molar-refractivity contribution in [2.24, 2.45) is 5.92 Å². The molecule has 1 N–H and O–H groups in total. The van der Waals surface area contributed by atoms with Crippen molar-refractivity contribution in [2.75, 3.05) is 26.2 Å². The molecule has 0 aromatic carbocycles. The summed E-state index contributed by atoms with van der Waals surface area (Å²) < 4.78 is 7.50. The molecule has 7 heteroatoms. The molecular formula is C24H36N4O3. The lowest BCUT2D eigenvalue weighted by Crippen LogP contribution is -2.65. The fourth-order valence-electron chi connectivity index (χ4n) is 5.15. The Bertz CT molecular complexity index is 936. The van der Waals surface area contributed by atoms with Gasteiger partial charge in [-0.1, -0.05) is 20.8 Å². The van der Waals surface area contributed by atoms with Crippen molar-refractivity contribution in [3.63, 3.8) is 0 Å². The maximum absolute atomic E-state index is 13.7. The van der Waals surface area contributed by atoms with Crippen molar-refractivity contribution >= 4 is 22.9 Å². The Balaban J connectivity index is 1.63. The summed E-state index contributed by atoms with van der Waals surface area (Å²) in [6.45, 7) is 12.0. The summed E-state index contributed by atoms with van der Waals surface area (Å²) in [6, 6.07) is 3.88. The Hall–Kier alpha value is -2.28. The van der Waals surface area contributed by atoms with Gasteiger partial charge in [0.1, 0.15) is 11.2 Å². The molecule has 0 spiro atoms. The van der Waals surface area contributed by atoms with E-state index in [1.165, 1.54) is 0 Å². The average Bonchev–Trinajstić information content (AvgIpc) is 3.35. The molecule has 31 heavy (non-hydrogen) atoms. The van der Waals surface area contributed by atoms with Gasteiger partial charge < -0.3 is 24.1 Å². The van der Waals surface area contributed by atoms with Crippen molar-refractivity contribution in [3.8, 4) is 0 Å². The number of hydrogen-bond acceptors (Lipinski definition) is 4. The molecule has 1 aliphatic heterocycles. The summed E-state index contributed by atoms with van der Waals surface area (Å²) in [4.78, 5) is 31.3. The van der Waals surface area contributed by atoms with Gasteiger partial charge in [0.25, 0.3) is 5.91 Å². The van der Waals surface area contributed by atoms with Gasteiger partial charge in [-0.25, -0.2) is 0 Å². The molecule has 170 valence electrons. The smallest absolute Gasteiger partial charge is 0.271 e. The van der Waals surface area contributed by atoms with Crippen LogP contribution < -0.4 is 5.32 Å². The highest BCUT2D eigenvalue weighted by Crippen LogP contribution is 2.33. The molecule has 1 aliphatic carbocycles. The normalized spacial score (nSPS) is 26.5. The summed E-state index contributed by atoms with van der Waals surface area (Å²) in [7, 11) is 0. The molecule has 2 aromatic rings. The molecule has 1 atom stereocenters. The maximum Gasteiger partial charge on any atom is 0.271 e. The van der Waals surface area contributed by atoms with Gasteiger partial charge in [0.2, 0.25) is 5.91 Å². The van der Waals surface area contributed by atoms with E-state index in [0.717, 1.165) is 56.8 Å². The molecule has 0 saturated heterocycles. The minimum absolute atomic E-state index is 0.0454. The first kappa shape index (κ1) is 21.9. The zero-order valence-electron chi connectivity index (χ0n) is 19.3. The van der Waals surface area contributed by atoms with Crippen LogP contribution in [0, 0.1) is 5.92 Å². The zero-order valence-corrected chi connectivity index (χ0v) is 19.3. The van der Waals surface area contributed by atoms with Crippen LogP contribution in [0.2, 0.25) is 0 Å². The summed E-state index contributed by atoms with van der Waals surface area (Å²) >= 11 is 0. The van der Waals surface area contributed by atoms with Crippen LogP contribution >= 0.6 is 0 Å². The van der Waals surface area contributed by atoms with E-state index in [1.807, 2.05) is 23.6 Å². The molecule has 1 fully saturated rings. The highest BCUT2D eigenvalue weighted by molar-refractivity contribution is 6.02. The number of furan rings is 1. The molecule has 2 amide bonds. The number of fused-ring (bicyclic) bond motifs is 3. The molecule has 0 unspecified atom stereocenters. The maximum atomic E-state index is 13.7. The van der Waals surface area contributed by atoms with Gasteiger partial charge in [-0.3, -0.25) is 9.59 Å². The average molecular weight is 429 g/mol. The van der Waals surface area contributed by atoms with E-state index >= 15 is 0 Å². The second-order valence-electron chi connectivity index (χ2n) is 9.47. The molecule has 0 bridgehead atoms. The highest BCUT2D eigenvalue weighted by atomic mass is 16.3. The van der Waals surface area contributed by atoms with Crippen molar-refractivity contribution < 1.29 is 14.0 Å². The third-order valence-electron chi connectivity index (χ3n) is 7.42. The van der Waals surface area contributed by atoms with E-state index in [9.17, 15) is 9.59 Å². The SMILES string of the molecule is CCN(CC)CCN1C(=O)c2cc3occc3n2C[C@]1(C)C(=O)NC1CCC(C)CC1. The van der Waals surface area contributed by atoms with E-state index in [2.05, 4.69) is 31.0 Å². The third kappa shape index (κ3) is 4.00. The zero-order chi connectivity index (χ0) is 22.2. The van der Waals surface area contributed by atoms with Gasteiger partial charge in [-0.15, -0.1) is 0 Å². The van der Waals surface area contributed by atoms with Crippen LogP contribution in [-0.2, 0) is 11.3 Å². The van der Waals surface area contributed by atoms with Crippen LogP contribution in [0.25, 0.3) is 11.1 Å². The Labute approximate surface area is 184 Å². The summed E-state index contributed by atoms with van der Waals surface area (Å²) in [6.07, 6.45) is 5.94. The quantitative estimate of drug-likeness (QED) is 0.733. The second-order valence-corrected chi connectivity index (χ2v) is 9.47. The third-order valence-corrected chi connectivity index (χ3v) is 7.42. The van der Waals surface area contributed by atoms with Crippen LogP contribution in [0.5, 0.6) is 0 Å². The predicted molar refractivity (Wildman–Crippen MR) is 121 cm³/mol. The number of carbonyl (C=O) groups is 2. The first-order chi connectivity index (χ1) is 14.9. The molecule has 3 heterocycles. The van der Waals surface area contributed by atoms with Gasteiger partial charge in [0.05, 0.1) is 18.3 Å². The lowest BCUT2D eigenvalue weighted by atomic mass is 9.86. The standard InChI is InChI=1S/C24H36N4O3/c1-5-26(6-2)12-13-28-22(29)20-15-21-19(11-14-31-21)27(20)16-24(28,4)23(30)25-18-9-7-17(3)8-10-18/h11,14-15,17-18H,5-10,12-13,16H2,1-4H3,(H,25,30)/t17?,18?,24-/m1/s1. The van der Waals surface area contributed by atoms with E-state index in [1.54, 1.807) is 11.2 Å². The molecule has 1 saturated carbocycles. The lowest BCUT2D eigenvalue weighted by Gasteiger charge is -2.45. The lowest BCUT2D eigenvalue weighted by molar-refractivity contribution is -0.134. The first-order valence-electron chi connectivity index (χ1n) is 11.8. The van der Waals surface area contributed by atoms with Crippen LogP contribution in [0.4, 0.5) is 0 Å². The number of carbonyl (C=O) groups excluding carboxylic acids is 2. The first-order valence-corrected chi connectivity index (χ1v) is 11.8. The Kier molecular flexibility index (Phi) is 6.15. The fraction of sp³-hybridized carbons (Fsp3) is 0.667. The van der Waals surface area contributed by atoms with Crippen LogP contribution in [0.15, 0.2) is 22.8 Å². The molecule has 2 aliphatic rings. The van der Waals surface area contributed by atoms with Crippen molar-refractivity contribution in [2.45, 2.75) is 71.5 Å². The van der Waals surface area contributed by atoms with Gasteiger partial charge in [-0.05, 0) is 51.6 Å². The molecule has 4 rings (SSSR count). The molecule has 7 nitrogen and oxygen atoms in total. The number of rotatable bonds is 7. The minimum atomic E-state index is -0.941. The van der Waals surface area contributed by atoms with Crippen LogP contribution in [-0.4, -0.2) is 63.9 Å². The van der Waals surface area contributed by atoms with Crippen LogP contribution in [0.3, 0.4) is 0 Å².